The third kappa shape index (κ3) is 12.2. The Morgan fingerprint density at radius 2 is 1.40 bits per heavy atom. The number of rotatable bonds is 15. The summed E-state index contributed by atoms with van der Waals surface area (Å²) >= 11 is 0. The van der Waals surface area contributed by atoms with E-state index in [1.807, 2.05) is 24.3 Å². The molecule has 7 heteroatoms. The van der Waals surface area contributed by atoms with Gasteiger partial charge in [-0.25, -0.2) is 4.79 Å². The molecule has 0 aliphatic rings. The van der Waals surface area contributed by atoms with E-state index in [-0.39, 0.29) is 11.8 Å². The topological polar surface area (TPSA) is 93.7 Å². The van der Waals surface area contributed by atoms with Gasteiger partial charge in [0.15, 0.2) is 0 Å². The summed E-state index contributed by atoms with van der Waals surface area (Å²) in [6.07, 6.45) is 8.58. The smallest absolute Gasteiger partial charge is 0.330 e. The van der Waals surface area contributed by atoms with Crippen LogP contribution in [0.15, 0.2) is 55.7 Å². The average Bonchev–Trinajstić information content (AvgIpc) is 2.77. The molecule has 0 atom stereocenters. The minimum Gasteiger partial charge on any atom is -0.494 e. The maximum absolute atomic E-state index is 11.7. The first-order valence-corrected chi connectivity index (χ1v) is 9.93. The molecule has 2 amide bonds. The Labute approximate surface area is 177 Å². The van der Waals surface area contributed by atoms with E-state index >= 15 is 0 Å². The van der Waals surface area contributed by atoms with Crippen molar-refractivity contribution < 1.29 is 23.9 Å². The lowest BCUT2D eigenvalue weighted by Gasteiger charge is -2.07. The molecule has 162 valence electrons. The van der Waals surface area contributed by atoms with Gasteiger partial charge in [0.25, 0.3) is 0 Å². The van der Waals surface area contributed by atoms with E-state index < -0.39 is 5.97 Å². The first kappa shape index (κ1) is 24.7. The predicted molar refractivity (Wildman–Crippen MR) is 117 cm³/mol. The summed E-state index contributed by atoms with van der Waals surface area (Å²) in [6.45, 7) is 8.75. The van der Waals surface area contributed by atoms with Gasteiger partial charge in [-0.3, -0.25) is 9.59 Å². The van der Waals surface area contributed by atoms with Crippen molar-refractivity contribution in [3.05, 3.63) is 61.2 Å². The lowest BCUT2D eigenvalue weighted by molar-refractivity contribution is -0.137. The van der Waals surface area contributed by atoms with Gasteiger partial charge in [-0.1, -0.05) is 25.3 Å². The van der Waals surface area contributed by atoms with Gasteiger partial charge >= 0.3 is 5.97 Å². The largest absolute Gasteiger partial charge is 0.494 e. The number of benzene rings is 1. The standard InChI is InChI=1S/C23H30N2O5/c1-3-21(26)24-15-5-7-17-29-20-12-9-19(10-13-20)11-14-23(28)30-18-8-6-16-25-22(27)4-2/h3-4,9-14H,1-2,5-8,15-18H2,(H,24,26)(H,25,27). The molecule has 0 bridgehead atoms. The highest BCUT2D eigenvalue weighted by atomic mass is 16.5. The number of carbonyl (C=O) groups is 3. The van der Waals surface area contributed by atoms with Crippen molar-refractivity contribution in [1.82, 2.24) is 10.6 Å². The Balaban J connectivity index is 2.17. The quantitative estimate of drug-likeness (QED) is 0.261. The molecule has 7 nitrogen and oxygen atoms in total. The van der Waals surface area contributed by atoms with Gasteiger partial charge in [0.1, 0.15) is 5.75 Å². The van der Waals surface area contributed by atoms with Crippen molar-refractivity contribution >= 4 is 23.9 Å². The van der Waals surface area contributed by atoms with Gasteiger partial charge in [0.05, 0.1) is 13.2 Å². The molecule has 0 aromatic heterocycles. The molecule has 0 radical (unpaired) electrons. The molecule has 0 saturated carbocycles. The zero-order chi connectivity index (χ0) is 22.0. The molecule has 1 aromatic carbocycles. The highest BCUT2D eigenvalue weighted by Gasteiger charge is 1.99. The van der Waals surface area contributed by atoms with Crippen LogP contribution in [0.25, 0.3) is 6.08 Å². The predicted octanol–water partition coefficient (Wildman–Crippen LogP) is 2.79. The van der Waals surface area contributed by atoms with Crippen LogP contribution in [-0.2, 0) is 19.1 Å². The zero-order valence-corrected chi connectivity index (χ0v) is 17.2. The van der Waals surface area contributed by atoms with Gasteiger partial charge in [0.2, 0.25) is 11.8 Å². The Hall–Kier alpha value is -3.35. The fourth-order valence-corrected chi connectivity index (χ4v) is 2.27. The summed E-state index contributed by atoms with van der Waals surface area (Å²) in [4.78, 5) is 33.7. The molecule has 0 fully saturated rings. The molecule has 0 heterocycles. The fraction of sp³-hybridized carbons (Fsp3) is 0.348. The van der Waals surface area contributed by atoms with Crippen molar-refractivity contribution in [2.75, 3.05) is 26.3 Å². The minimum absolute atomic E-state index is 0.169. The molecule has 1 rings (SSSR count). The van der Waals surface area contributed by atoms with E-state index in [9.17, 15) is 14.4 Å². The Kier molecular flexibility index (Phi) is 12.8. The number of nitrogens with one attached hydrogen (secondary N) is 2. The van der Waals surface area contributed by atoms with Crippen LogP contribution in [-0.4, -0.2) is 44.1 Å². The third-order valence-electron chi connectivity index (χ3n) is 3.92. The Bertz CT molecular complexity index is 726. The van der Waals surface area contributed by atoms with Gasteiger partial charge in [-0.2, -0.15) is 0 Å². The second-order valence-electron chi connectivity index (χ2n) is 6.32. The lowest BCUT2D eigenvalue weighted by atomic mass is 10.2. The van der Waals surface area contributed by atoms with Crippen LogP contribution in [0.4, 0.5) is 0 Å². The molecule has 0 unspecified atom stereocenters. The van der Waals surface area contributed by atoms with Crippen LogP contribution in [0.1, 0.15) is 31.2 Å². The van der Waals surface area contributed by atoms with Crippen LogP contribution in [0, 0.1) is 0 Å². The monoisotopic (exact) mass is 414 g/mol. The first-order valence-electron chi connectivity index (χ1n) is 9.93. The van der Waals surface area contributed by atoms with E-state index in [2.05, 4.69) is 23.8 Å². The molecule has 2 N–H and O–H groups in total. The summed E-state index contributed by atoms with van der Waals surface area (Å²) in [5, 5.41) is 5.37. The summed E-state index contributed by atoms with van der Waals surface area (Å²) < 4.78 is 10.8. The van der Waals surface area contributed by atoms with Crippen LogP contribution in [0.2, 0.25) is 0 Å². The molecule has 0 aliphatic heterocycles. The summed E-state index contributed by atoms with van der Waals surface area (Å²) in [6, 6.07) is 7.38. The lowest BCUT2D eigenvalue weighted by Crippen LogP contribution is -2.22. The van der Waals surface area contributed by atoms with E-state index in [4.69, 9.17) is 9.47 Å². The Morgan fingerprint density at radius 3 is 1.97 bits per heavy atom. The van der Waals surface area contributed by atoms with Crippen molar-refractivity contribution in [3.63, 3.8) is 0 Å². The normalized spacial score (nSPS) is 10.3. The number of amides is 2. The average molecular weight is 415 g/mol. The van der Waals surface area contributed by atoms with Gasteiger partial charge in [-0.15, -0.1) is 0 Å². The number of unbranched alkanes of at least 4 members (excludes halogenated alkanes) is 2. The number of hydrogen-bond acceptors (Lipinski definition) is 5. The second-order valence-corrected chi connectivity index (χ2v) is 6.32. The summed E-state index contributed by atoms with van der Waals surface area (Å²) in [5.74, 6) is -0.0410. The van der Waals surface area contributed by atoms with Crippen LogP contribution in [0.5, 0.6) is 5.75 Å². The molecule has 1 aromatic rings. The highest BCUT2D eigenvalue weighted by molar-refractivity contribution is 5.87. The minimum atomic E-state index is -0.408. The van der Waals surface area contributed by atoms with Crippen LogP contribution < -0.4 is 15.4 Å². The van der Waals surface area contributed by atoms with E-state index in [1.54, 1.807) is 6.08 Å². The second kappa shape index (κ2) is 15.6. The number of carbonyl (C=O) groups excluding carboxylic acids is 3. The van der Waals surface area contributed by atoms with Crippen molar-refractivity contribution in [1.29, 1.82) is 0 Å². The molecule has 0 aliphatic carbocycles. The molecular weight excluding hydrogens is 384 g/mol. The van der Waals surface area contributed by atoms with Crippen molar-refractivity contribution in [2.24, 2.45) is 0 Å². The van der Waals surface area contributed by atoms with Gasteiger partial charge in [-0.05, 0) is 61.6 Å². The fourth-order valence-electron chi connectivity index (χ4n) is 2.27. The summed E-state index contributed by atoms with van der Waals surface area (Å²) in [5.41, 5.74) is 0.860. The van der Waals surface area contributed by atoms with Gasteiger partial charge in [0, 0.05) is 19.2 Å². The molecule has 30 heavy (non-hydrogen) atoms. The third-order valence-corrected chi connectivity index (χ3v) is 3.92. The molecule has 0 spiro atoms. The Morgan fingerprint density at radius 1 is 0.833 bits per heavy atom. The van der Waals surface area contributed by atoms with Crippen molar-refractivity contribution in [2.45, 2.75) is 25.7 Å². The first-order chi connectivity index (χ1) is 14.5. The molecule has 0 saturated heterocycles. The van der Waals surface area contributed by atoms with Gasteiger partial charge < -0.3 is 20.1 Å². The number of ether oxygens (including phenoxy) is 2. The van der Waals surface area contributed by atoms with E-state index in [0.717, 1.165) is 30.6 Å². The maximum atomic E-state index is 11.7. The van der Waals surface area contributed by atoms with E-state index in [0.29, 0.717) is 32.7 Å². The van der Waals surface area contributed by atoms with E-state index in [1.165, 1.54) is 18.2 Å². The number of esters is 1. The van der Waals surface area contributed by atoms with Crippen molar-refractivity contribution in [3.8, 4) is 5.75 Å². The van der Waals surface area contributed by atoms with Crippen LogP contribution in [0.3, 0.4) is 0 Å². The summed E-state index contributed by atoms with van der Waals surface area (Å²) in [7, 11) is 0. The molecular formula is C23H30N2O5. The maximum Gasteiger partial charge on any atom is 0.330 e. The zero-order valence-electron chi connectivity index (χ0n) is 17.2. The van der Waals surface area contributed by atoms with Crippen LogP contribution >= 0.6 is 0 Å². The number of hydrogen-bond donors (Lipinski definition) is 2. The highest BCUT2D eigenvalue weighted by Crippen LogP contribution is 2.13. The SMILES string of the molecule is C=CC(=O)NCCCCOC(=O)C=Cc1ccc(OCCCCNC(=O)C=C)cc1.